The summed E-state index contributed by atoms with van der Waals surface area (Å²) in [6.07, 6.45) is 0. The highest BCUT2D eigenvalue weighted by molar-refractivity contribution is 6.12. The molecule has 9 aromatic rings. The van der Waals surface area contributed by atoms with Gasteiger partial charge in [0.2, 0.25) is 0 Å². The monoisotopic (exact) mass is 599 g/mol. The molecule has 0 fully saturated rings. The van der Waals surface area contributed by atoms with Crippen LogP contribution in [-0.2, 0) is 6.54 Å². The molecular formula is C44H29N3. The van der Waals surface area contributed by atoms with E-state index >= 15 is 0 Å². The Kier molecular flexibility index (Phi) is 6.26. The lowest BCUT2D eigenvalue weighted by atomic mass is 9.99. The fraction of sp³-hybridized carbons (Fsp3) is 0.0227. The lowest BCUT2D eigenvalue weighted by molar-refractivity contribution is 0.869. The summed E-state index contributed by atoms with van der Waals surface area (Å²) in [7, 11) is 0. The maximum Gasteiger partial charge on any atom is 0.0991 e. The van der Waals surface area contributed by atoms with Gasteiger partial charge in [-0.2, -0.15) is 5.26 Å². The number of benzene rings is 7. The van der Waals surface area contributed by atoms with Crippen molar-refractivity contribution < 1.29 is 0 Å². The maximum absolute atomic E-state index is 9.31. The Hall–Kier alpha value is -6.37. The molecule has 2 aromatic heterocycles. The second kappa shape index (κ2) is 10.9. The third-order valence-corrected chi connectivity index (χ3v) is 9.42. The summed E-state index contributed by atoms with van der Waals surface area (Å²) >= 11 is 0. The molecule has 2 heterocycles. The molecule has 0 N–H and O–H groups in total. The summed E-state index contributed by atoms with van der Waals surface area (Å²) < 4.78 is 4.79. The van der Waals surface area contributed by atoms with Gasteiger partial charge in [-0.25, -0.2) is 0 Å². The molecule has 0 spiro atoms. The molecule has 0 saturated heterocycles. The van der Waals surface area contributed by atoms with Crippen molar-refractivity contribution in [3.05, 3.63) is 175 Å². The highest BCUT2D eigenvalue weighted by Gasteiger charge is 2.16. The number of nitrogens with zero attached hydrogens (tertiary/aromatic N) is 3. The van der Waals surface area contributed by atoms with E-state index in [-0.39, 0.29) is 0 Å². The average Bonchev–Trinajstić information content (AvgIpc) is 3.64. The van der Waals surface area contributed by atoms with Crippen molar-refractivity contribution in [1.29, 1.82) is 5.26 Å². The summed E-state index contributed by atoms with van der Waals surface area (Å²) in [5.41, 5.74) is 12.6. The Labute approximate surface area is 272 Å². The van der Waals surface area contributed by atoms with Crippen molar-refractivity contribution >= 4 is 43.6 Å². The topological polar surface area (TPSA) is 33.6 Å². The molecule has 0 unspecified atom stereocenters. The molecule has 0 aliphatic heterocycles. The second-order valence-corrected chi connectivity index (χ2v) is 12.1. The van der Waals surface area contributed by atoms with Crippen LogP contribution in [0.3, 0.4) is 0 Å². The SMILES string of the molecule is N#Cc1ccc(-c2ccc3c(c2)c2cc(-c4ccc5c(c4)c4ccccc4n5-c4ccccc4)ccc2n3Cc2ccccc2)cc1. The first-order chi connectivity index (χ1) is 23.2. The van der Waals surface area contributed by atoms with E-state index in [2.05, 4.69) is 155 Å². The van der Waals surface area contributed by atoms with Crippen LogP contribution in [0.25, 0.3) is 71.6 Å². The third-order valence-electron chi connectivity index (χ3n) is 9.42. The molecule has 47 heavy (non-hydrogen) atoms. The number of hydrogen-bond acceptors (Lipinski definition) is 1. The van der Waals surface area contributed by atoms with Crippen LogP contribution in [0.5, 0.6) is 0 Å². The number of para-hydroxylation sites is 2. The Balaban J connectivity index is 1.24. The molecule has 3 nitrogen and oxygen atoms in total. The molecule has 0 aliphatic rings. The molecule has 0 bridgehead atoms. The van der Waals surface area contributed by atoms with Gasteiger partial charge in [-0.15, -0.1) is 0 Å². The highest BCUT2D eigenvalue weighted by atomic mass is 15.0. The summed E-state index contributed by atoms with van der Waals surface area (Å²) in [6.45, 7) is 0.793. The third kappa shape index (κ3) is 4.50. The van der Waals surface area contributed by atoms with E-state index in [9.17, 15) is 5.26 Å². The first-order valence-electron chi connectivity index (χ1n) is 15.9. The summed E-state index contributed by atoms with van der Waals surface area (Å²) in [5.74, 6) is 0. The number of fused-ring (bicyclic) bond motifs is 6. The van der Waals surface area contributed by atoms with Crippen molar-refractivity contribution in [1.82, 2.24) is 9.13 Å². The van der Waals surface area contributed by atoms with Crippen LogP contribution in [0.2, 0.25) is 0 Å². The van der Waals surface area contributed by atoms with E-state index in [1.807, 2.05) is 24.3 Å². The van der Waals surface area contributed by atoms with Gasteiger partial charge < -0.3 is 9.13 Å². The minimum atomic E-state index is 0.669. The van der Waals surface area contributed by atoms with E-state index in [0.717, 1.165) is 23.4 Å². The van der Waals surface area contributed by atoms with Crippen LogP contribution >= 0.6 is 0 Å². The Morgan fingerprint density at radius 1 is 0.426 bits per heavy atom. The first kappa shape index (κ1) is 27.0. The number of hydrogen-bond donors (Lipinski definition) is 0. The Bertz CT molecular complexity index is 2640. The summed E-state index contributed by atoms with van der Waals surface area (Å²) in [5, 5.41) is 14.3. The normalized spacial score (nSPS) is 11.5. The molecule has 0 radical (unpaired) electrons. The smallest absolute Gasteiger partial charge is 0.0991 e. The standard InChI is InChI=1S/C44H29N3/c45-28-30-15-17-32(18-16-30)33-19-22-41-39(25-33)40-27-34(20-23-42(40)46(41)29-31-9-3-1-4-10-31)35-21-24-44-38(26-35)37-13-7-8-14-43(37)47(44)36-11-5-2-6-12-36/h1-27H,29H2. The minimum absolute atomic E-state index is 0.669. The van der Waals surface area contributed by atoms with Gasteiger partial charge in [0.15, 0.2) is 0 Å². The van der Waals surface area contributed by atoms with Gasteiger partial charge in [-0.3, -0.25) is 0 Å². The van der Waals surface area contributed by atoms with Gasteiger partial charge in [0, 0.05) is 44.8 Å². The highest BCUT2D eigenvalue weighted by Crippen LogP contribution is 2.38. The van der Waals surface area contributed by atoms with E-state index in [1.54, 1.807) is 0 Å². The largest absolute Gasteiger partial charge is 0.336 e. The van der Waals surface area contributed by atoms with Crippen molar-refractivity contribution in [3.8, 4) is 34.0 Å². The number of rotatable bonds is 5. The van der Waals surface area contributed by atoms with Crippen LogP contribution in [0.15, 0.2) is 164 Å². The molecular weight excluding hydrogens is 571 g/mol. The number of nitriles is 1. The summed E-state index contributed by atoms with van der Waals surface area (Å²) in [6, 6.07) is 60.6. The maximum atomic E-state index is 9.31. The van der Waals surface area contributed by atoms with Gasteiger partial charge in [-0.05, 0) is 94.5 Å². The van der Waals surface area contributed by atoms with Crippen LogP contribution in [0.4, 0.5) is 0 Å². The average molecular weight is 600 g/mol. The van der Waals surface area contributed by atoms with Gasteiger partial charge >= 0.3 is 0 Å². The Morgan fingerprint density at radius 3 is 1.55 bits per heavy atom. The van der Waals surface area contributed by atoms with Gasteiger partial charge in [0.05, 0.1) is 22.7 Å². The van der Waals surface area contributed by atoms with E-state index in [4.69, 9.17) is 0 Å². The van der Waals surface area contributed by atoms with Crippen LogP contribution in [-0.4, -0.2) is 9.13 Å². The molecule has 3 heteroatoms. The number of aromatic nitrogens is 2. The van der Waals surface area contributed by atoms with Crippen LogP contribution < -0.4 is 0 Å². The zero-order valence-electron chi connectivity index (χ0n) is 25.6. The fourth-order valence-electron chi connectivity index (χ4n) is 7.14. The molecule has 7 aromatic carbocycles. The molecule has 9 rings (SSSR count). The van der Waals surface area contributed by atoms with E-state index in [0.29, 0.717) is 5.56 Å². The minimum Gasteiger partial charge on any atom is -0.336 e. The van der Waals surface area contributed by atoms with Gasteiger partial charge in [-0.1, -0.05) is 97.1 Å². The van der Waals surface area contributed by atoms with Gasteiger partial charge in [0.1, 0.15) is 0 Å². The predicted molar refractivity (Wildman–Crippen MR) is 195 cm³/mol. The molecule has 0 saturated carbocycles. The summed E-state index contributed by atoms with van der Waals surface area (Å²) in [4.78, 5) is 0. The van der Waals surface area contributed by atoms with Crippen LogP contribution in [0, 0.1) is 11.3 Å². The zero-order valence-corrected chi connectivity index (χ0v) is 25.6. The molecule has 0 aliphatic carbocycles. The zero-order chi connectivity index (χ0) is 31.3. The predicted octanol–water partition coefficient (Wildman–Crippen LogP) is 11.1. The van der Waals surface area contributed by atoms with Crippen molar-refractivity contribution in [3.63, 3.8) is 0 Å². The van der Waals surface area contributed by atoms with Gasteiger partial charge in [0.25, 0.3) is 0 Å². The van der Waals surface area contributed by atoms with Crippen LogP contribution in [0.1, 0.15) is 11.1 Å². The molecule has 220 valence electrons. The molecule has 0 amide bonds. The van der Waals surface area contributed by atoms with E-state index < -0.39 is 0 Å². The van der Waals surface area contributed by atoms with Crippen molar-refractivity contribution in [2.75, 3.05) is 0 Å². The molecule has 0 atom stereocenters. The Morgan fingerprint density at radius 2 is 0.915 bits per heavy atom. The second-order valence-electron chi connectivity index (χ2n) is 12.1. The lowest BCUT2D eigenvalue weighted by Crippen LogP contribution is -1.99. The lowest BCUT2D eigenvalue weighted by Gasteiger charge is -2.09. The quantitative estimate of drug-likeness (QED) is 0.194. The fourth-order valence-corrected chi connectivity index (χ4v) is 7.14. The van der Waals surface area contributed by atoms with Crippen molar-refractivity contribution in [2.45, 2.75) is 6.54 Å². The van der Waals surface area contributed by atoms with Crippen molar-refractivity contribution in [2.24, 2.45) is 0 Å². The van der Waals surface area contributed by atoms with E-state index in [1.165, 1.54) is 60.3 Å². The first-order valence-corrected chi connectivity index (χ1v) is 15.9.